The molecule has 0 spiro atoms. The largest absolute Gasteiger partial charge is 0.310 e. The van der Waals surface area contributed by atoms with Gasteiger partial charge in [-0.1, -0.05) is 176 Å². The molecule has 300 valence electrons. The van der Waals surface area contributed by atoms with Gasteiger partial charge in [0.25, 0.3) is 0 Å². The van der Waals surface area contributed by atoms with Crippen molar-refractivity contribution in [3.63, 3.8) is 0 Å². The summed E-state index contributed by atoms with van der Waals surface area (Å²) in [5.74, 6) is 0. The van der Waals surface area contributed by atoms with E-state index in [1.165, 1.54) is 99.4 Å². The van der Waals surface area contributed by atoms with Crippen LogP contribution in [0.4, 0.5) is 17.1 Å². The maximum atomic E-state index is 2.39. The average molecular weight is 806 g/mol. The summed E-state index contributed by atoms with van der Waals surface area (Å²) in [6, 6.07) is 78.3. The second-order valence-corrected chi connectivity index (χ2v) is 16.9. The van der Waals surface area contributed by atoms with E-state index in [2.05, 4.69) is 243 Å². The third-order valence-electron chi connectivity index (χ3n) is 13.0. The number of anilines is 3. The van der Waals surface area contributed by atoms with Crippen molar-refractivity contribution in [3.05, 3.63) is 241 Å². The molecule has 0 bridgehead atoms. The van der Waals surface area contributed by atoms with Gasteiger partial charge in [-0.15, -0.1) is 0 Å². The Balaban J connectivity index is 0.993. The fourth-order valence-corrected chi connectivity index (χ4v) is 9.76. The lowest BCUT2D eigenvalue weighted by atomic mass is 9.89. The molecule has 0 radical (unpaired) electrons. The van der Waals surface area contributed by atoms with Gasteiger partial charge in [-0.25, -0.2) is 0 Å². The summed E-state index contributed by atoms with van der Waals surface area (Å²) in [6.45, 7) is 4.42. The molecule has 0 fully saturated rings. The number of benzene rings is 10. The molecule has 1 nitrogen and oxygen atoms in total. The fourth-order valence-electron chi connectivity index (χ4n) is 9.76. The van der Waals surface area contributed by atoms with Gasteiger partial charge >= 0.3 is 0 Å². The van der Waals surface area contributed by atoms with Crippen LogP contribution in [0.3, 0.4) is 0 Å². The highest BCUT2D eigenvalue weighted by Gasteiger charge is 2.18. The van der Waals surface area contributed by atoms with E-state index in [9.17, 15) is 0 Å². The van der Waals surface area contributed by atoms with Gasteiger partial charge in [0.2, 0.25) is 0 Å². The zero-order chi connectivity index (χ0) is 42.3. The molecule has 0 aromatic heterocycles. The summed E-state index contributed by atoms with van der Waals surface area (Å²) in [6.07, 6.45) is 6.81. The first kappa shape index (κ1) is 38.2. The Morgan fingerprint density at radius 1 is 0.365 bits per heavy atom. The standard InChI is InChI=1S/C62H47N/c1-42-13-3-6-22-56(42)62-43(2)14-9-26-61(62)47-31-36-54(37-32-47)63(53-34-29-44(30-35-53)50-33-38-60-52(40-50)28-27-46-16-5-8-24-58(46)60)55-21-11-19-49(41-55)48-18-10-20-51(39-48)59-25-12-17-45-15-4-7-23-57(45)59/h3,5-14,16-41H,4,15H2,1-2H3. The molecule has 10 aromatic rings. The normalized spacial score (nSPS) is 12.1. The van der Waals surface area contributed by atoms with Gasteiger partial charge in [0, 0.05) is 17.1 Å². The Bertz CT molecular complexity index is 3350. The lowest BCUT2D eigenvalue weighted by Gasteiger charge is -2.27. The monoisotopic (exact) mass is 805 g/mol. The number of allylic oxidation sites excluding steroid dienone is 1. The fraction of sp³-hybridized carbons (Fsp3) is 0.0645. The van der Waals surface area contributed by atoms with Crippen molar-refractivity contribution in [1.82, 2.24) is 0 Å². The molecule has 0 amide bonds. The quantitative estimate of drug-likeness (QED) is 0.138. The summed E-state index contributed by atoms with van der Waals surface area (Å²) >= 11 is 0. The predicted molar refractivity (Wildman–Crippen MR) is 270 cm³/mol. The Morgan fingerprint density at radius 3 is 1.81 bits per heavy atom. The summed E-state index contributed by atoms with van der Waals surface area (Å²) in [4.78, 5) is 2.39. The van der Waals surface area contributed by atoms with Crippen LogP contribution in [-0.4, -0.2) is 0 Å². The SMILES string of the molecule is Cc1ccccc1-c1c(C)cccc1-c1ccc(N(c2ccc(-c3ccc4c(ccc5ccccc54)c3)cc2)c2cccc(-c3cccc(-c4cccc5c4C=CCC5)c3)c2)cc1. The van der Waals surface area contributed by atoms with E-state index in [0.29, 0.717) is 0 Å². The van der Waals surface area contributed by atoms with Gasteiger partial charge in [0.1, 0.15) is 0 Å². The Hall–Kier alpha value is -7.74. The number of hydrogen-bond donors (Lipinski definition) is 0. The van der Waals surface area contributed by atoms with Crippen LogP contribution in [0.2, 0.25) is 0 Å². The highest BCUT2D eigenvalue weighted by Crippen LogP contribution is 2.42. The molecule has 1 heteroatoms. The van der Waals surface area contributed by atoms with E-state index in [4.69, 9.17) is 0 Å². The van der Waals surface area contributed by atoms with Gasteiger partial charge in [-0.05, 0) is 175 Å². The molecular formula is C62H47N. The molecule has 11 rings (SSSR count). The van der Waals surface area contributed by atoms with Crippen LogP contribution in [0.1, 0.15) is 28.7 Å². The smallest absolute Gasteiger partial charge is 0.0467 e. The van der Waals surface area contributed by atoms with Crippen LogP contribution in [-0.2, 0) is 6.42 Å². The van der Waals surface area contributed by atoms with E-state index in [1.54, 1.807) is 0 Å². The highest BCUT2D eigenvalue weighted by atomic mass is 15.1. The van der Waals surface area contributed by atoms with Gasteiger partial charge < -0.3 is 4.90 Å². The second kappa shape index (κ2) is 16.3. The summed E-state index contributed by atoms with van der Waals surface area (Å²) in [7, 11) is 0. The van der Waals surface area contributed by atoms with Crippen LogP contribution in [0, 0.1) is 13.8 Å². The van der Waals surface area contributed by atoms with Crippen LogP contribution >= 0.6 is 0 Å². The minimum atomic E-state index is 1.09. The number of rotatable bonds is 8. The predicted octanol–water partition coefficient (Wildman–Crippen LogP) is 17.4. The highest BCUT2D eigenvalue weighted by molar-refractivity contribution is 6.08. The van der Waals surface area contributed by atoms with Crippen LogP contribution in [0.5, 0.6) is 0 Å². The minimum absolute atomic E-state index is 1.09. The summed E-state index contributed by atoms with van der Waals surface area (Å²) in [5, 5.41) is 5.09. The van der Waals surface area contributed by atoms with Gasteiger partial charge in [0.15, 0.2) is 0 Å². The average Bonchev–Trinajstić information content (AvgIpc) is 3.34. The number of fused-ring (bicyclic) bond motifs is 4. The Labute approximate surface area is 370 Å². The zero-order valence-corrected chi connectivity index (χ0v) is 35.7. The van der Waals surface area contributed by atoms with Crippen molar-refractivity contribution in [2.24, 2.45) is 0 Å². The third kappa shape index (κ3) is 7.22. The molecular weight excluding hydrogens is 759 g/mol. The molecule has 63 heavy (non-hydrogen) atoms. The number of aryl methyl sites for hydroxylation is 3. The molecule has 10 aromatic carbocycles. The van der Waals surface area contributed by atoms with E-state index in [0.717, 1.165) is 29.9 Å². The van der Waals surface area contributed by atoms with Crippen LogP contribution < -0.4 is 4.90 Å². The molecule has 0 unspecified atom stereocenters. The molecule has 0 N–H and O–H groups in total. The number of nitrogens with zero attached hydrogens (tertiary/aromatic N) is 1. The van der Waals surface area contributed by atoms with Crippen LogP contribution in [0.15, 0.2) is 218 Å². The van der Waals surface area contributed by atoms with E-state index in [1.807, 2.05) is 0 Å². The van der Waals surface area contributed by atoms with Gasteiger partial charge in [-0.2, -0.15) is 0 Å². The second-order valence-electron chi connectivity index (χ2n) is 16.9. The molecule has 1 aliphatic carbocycles. The first-order valence-corrected chi connectivity index (χ1v) is 22.1. The van der Waals surface area contributed by atoms with E-state index < -0.39 is 0 Å². The molecule has 0 heterocycles. The summed E-state index contributed by atoms with van der Waals surface area (Å²) < 4.78 is 0. The summed E-state index contributed by atoms with van der Waals surface area (Å²) in [5.41, 5.74) is 21.0. The Morgan fingerprint density at radius 2 is 0.968 bits per heavy atom. The Kier molecular flexibility index (Phi) is 9.87. The van der Waals surface area contributed by atoms with Gasteiger partial charge in [0.05, 0.1) is 0 Å². The van der Waals surface area contributed by atoms with Crippen molar-refractivity contribution < 1.29 is 0 Å². The third-order valence-corrected chi connectivity index (χ3v) is 13.0. The van der Waals surface area contributed by atoms with Gasteiger partial charge in [-0.3, -0.25) is 0 Å². The maximum absolute atomic E-state index is 2.39. The minimum Gasteiger partial charge on any atom is -0.310 e. The van der Waals surface area contributed by atoms with Crippen molar-refractivity contribution in [2.75, 3.05) is 4.90 Å². The van der Waals surface area contributed by atoms with E-state index in [-0.39, 0.29) is 0 Å². The van der Waals surface area contributed by atoms with Crippen molar-refractivity contribution in [3.8, 4) is 55.6 Å². The van der Waals surface area contributed by atoms with Crippen molar-refractivity contribution in [2.45, 2.75) is 26.7 Å². The van der Waals surface area contributed by atoms with Crippen LogP contribution in [0.25, 0.3) is 83.3 Å². The molecule has 0 saturated carbocycles. The first-order valence-electron chi connectivity index (χ1n) is 22.1. The molecule has 0 atom stereocenters. The maximum Gasteiger partial charge on any atom is 0.0467 e. The lowest BCUT2D eigenvalue weighted by Crippen LogP contribution is -2.10. The first-order chi connectivity index (χ1) is 31.1. The molecule has 0 aliphatic heterocycles. The molecule has 0 saturated heterocycles. The zero-order valence-electron chi connectivity index (χ0n) is 35.7. The van der Waals surface area contributed by atoms with Crippen molar-refractivity contribution in [1.29, 1.82) is 0 Å². The lowest BCUT2D eigenvalue weighted by molar-refractivity contribution is 0.986. The topological polar surface area (TPSA) is 3.24 Å². The number of hydrogen-bond acceptors (Lipinski definition) is 1. The van der Waals surface area contributed by atoms with E-state index >= 15 is 0 Å². The molecule has 1 aliphatic rings. The van der Waals surface area contributed by atoms with Crippen molar-refractivity contribution >= 4 is 44.7 Å².